The van der Waals surface area contributed by atoms with Crippen LogP contribution in [0, 0.1) is 10.1 Å². The molecule has 2 aromatic rings. The Labute approximate surface area is 166 Å². The minimum absolute atomic E-state index is 0.0601. The van der Waals surface area contributed by atoms with E-state index in [0.717, 1.165) is 31.2 Å². The zero-order valence-corrected chi connectivity index (χ0v) is 16.7. The van der Waals surface area contributed by atoms with E-state index in [1.165, 1.54) is 23.9 Å². The highest BCUT2D eigenvalue weighted by Crippen LogP contribution is 2.23. The Balaban J connectivity index is 1.66. The molecule has 8 heteroatoms. The van der Waals surface area contributed by atoms with Gasteiger partial charge in [-0.25, -0.2) is 0 Å². The number of carbonyl (C=O) groups excluding carboxylic acids is 1. The zero-order chi connectivity index (χ0) is 19.2. The minimum Gasteiger partial charge on any atom is -0.358 e. The van der Waals surface area contributed by atoms with Crippen LogP contribution in [0.3, 0.4) is 0 Å². The molecule has 1 saturated carbocycles. The lowest BCUT2D eigenvalue weighted by Gasteiger charge is -2.21. The largest absolute Gasteiger partial charge is 0.404 e. The highest BCUT2D eigenvalue weighted by atomic mass is 79.9. The van der Waals surface area contributed by atoms with Gasteiger partial charge in [-0.2, -0.15) is 4.68 Å². The smallest absolute Gasteiger partial charge is 0.358 e. The van der Waals surface area contributed by atoms with Crippen LogP contribution in [0.1, 0.15) is 60.9 Å². The summed E-state index contributed by atoms with van der Waals surface area (Å²) in [5.41, 5.74) is 1.47. The van der Waals surface area contributed by atoms with Crippen molar-refractivity contribution in [2.45, 2.75) is 57.5 Å². The fourth-order valence-electron chi connectivity index (χ4n) is 3.46. The maximum atomic E-state index is 12.6. The van der Waals surface area contributed by atoms with Gasteiger partial charge in [0.2, 0.25) is 0 Å². The molecule has 1 aromatic heterocycles. The van der Waals surface area contributed by atoms with Gasteiger partial charge in [-0.15, -0.1) is 0 Å². The first kappa shape index (κ1) is 19.5. The van der Waals surface area contributed by atoms with Gasteiger partial charge in [0.25, 0.3) is 5.91 Å². The minimum atomic E-state index is -0.528. The number of halogens is 1. The standard InChI is InChI=1S/C19H23BrN4O3/c20-17-13-23(22-18(17)24(26)27)12-14-7-6-8-15(11-14)19(25)21-16-9-4-2-1-3-5-10-16/h6-8,11,13,16H,1-5,9-10,12H2,(H,21,25). The molecule has 1 fully saturated rings. The van der Waals surface area contributed by atoms with Gasteiger partial charge in [0.15, 0.2) is 0 Å². The average molecular weight is 435 g/mol. The van der Waals surface area contributed by atoms with Gasteiger partial charge in [0.1, 0.15) is 4.47 Å². The number of nitro groups is 1. The van der Waals surface area contributed by atoms with E-state index in [0.29, 0.717) is 16.6 Å². The number of hydrogen-bond acceptors (Lipinski definition) is 4. The first-order chi connectivity index (χ1) is 13.0. The Hall–Kier alpha value is -2.22. The Morgan fingerprint density at radius 1 is 1.26 bits per heavy atom. The van der Waals surface area contributed by atoms with Gasteiger partial charge in [0.05, 0.1) is 17.8 Å². The van der Waals surface area contributed by atoms with Gasteiger partial charge < -0.3 is 15.4 Å². The SMILES string of the molecule is O=C(NC1CCCCCCC1)c1cccc(Cn2cc(Br)c([N+](=O)[O-])n2)c1. The second-order valence-corrected chi connectivity index (χ2v) is 7.83. The summed E-state index contributed by atoms with van der Waals surface area (Å²) < 4.78 is 1.83. The fraction of sp³-hybridized carbons (Fsp3) is 0.474. The molecular formula is C19H23BrN4O3. The van der Waals surface area contributed by atoms with Gasteiger partial charge in [-0.05, 0) is 51.4 Å². The van der Waals surface area contributed by atoms with Crippen LogP contribution in [-0.2, 0) is 6.54 Å². The van der Waals surface area contributed by atoms with E-state index in [2.05, 4.69) is 26.3 Å². The molecule has 0 spiro atoms. The molecule has 0 aliphatic heterocycles. The first-order valence-corrected chi connectivity index (χ1v) is 10.1. The average Bonchev–Trinajstić information content (AvgIpc) is 2.98. The van der Waals surface area contributed by atoms with Crippen molar-refractivity contribution in [3.63, 3.8) is 0 Å². The van der Waals surface area contributed by atoms with Gasteiger partial charge >= 0.3 is 5.82 Å². The van der Waals surface area contributed by atoms with Gasteiger partial charge in [-0.3, -0.25) is 4.79 Å². The molecule has 1 aromatic carbocycles. The number of rotatable bonds is 5. The van der Waals surface area contributed by atoms with E-state index in [1.54, 1.807) is 12.3 Å². The maximum Gasteiger partial charge on any atom is 0.404 e. The van der Waals surface area contributed by atoms with Crippen LogP contribution in [0.15, 0.2) is 34.9 Å². The van der Waals surface area contributed by atoms with Crippen molar-refractivity contribution in [3.8, 4) is 0 Å². The molecular weight excluding hydrogens is 412 g/mol. The predicted octanol–water partition coefficient (Wildman–Crippen LogP) is 4.44. The number of amides is 1. The fourth-order valence-corrected chi connectivity index (χ4v) is 3.92. The van der Waals surface area contributed by atoms with E-state index in [9.17, 15) is 14.9 Å². The van der Waals surface area contributed by atoms with Crippen LogP contribution in [0.2, 0.25) is 0 Å². The second kappa shape index (κ2) is 9.12. The molecule has 1 amide bonds. The third kappa shape index (κ3) is 5.38. The summed E-state index contributed by atoms with van der Waals surface area (Å²) in [6, 6.07) is 7.57. The van der Waals surface area contributed by atoms with Crippen molar-refractivity contribution < 1.29 is 9.72 Å². The molecule has 0 radical (unpaired) electrons. The number of nitrogens with one attached hydrogen (secondary N) is 1. The van der Waals surface area contributed by atoms with Gasteiger partial charge in [0, 0.05) is 11.6 Å². The molecule has 1 N–H and O–H groups in total. The van der Waals surface area contributed by atoms with Crippen molar-refractivity contribution in [3.05, 3.63) is 56.2 Å². The van der Waals surface area contributed by atoms with Crippen LogP contribution in [0.5, 0.6) is 0 Å². The third-order valence-corrected chi connectivity index (χ3v) is 5.41. The summed E-state index contributed by atoms with van der Waals surface area (Å²) in [6.07, 6.45) is 9.76. The van der Waals surface area contributed by atoms with Crippen LogP contribution >= 0.6 is 15.9 Å². The number of hydrogen-bond donors (Lipinski definition) is 1. The van der Waals surface area contributed by atoms with Crippen molar-refractivity contribution >= 4 is 27.7 Å². The summed E-state index contributed by atoms with van der Waals surface area (Å²) >= 11 is 3.15. The predicted molar refractivity (Wildman–Crippen MR) is 106 cm³/mol. The molecule has 7 nitrogen and oxygen atoms in total. The molecule has 0 bridgehead atoms. The Morgan fingerprint density at radius 2 is 1.96 bits per heavy atom. The molecule has 0 unspecified atom stereocenters. The number of carbonyl (C=O) groups is 1. The number of benzene rings is 1. The zero-order valence-electron chi connectivity index (χ0n) is 15.1. The molecule has 1 aliphatic carbocycles. The molecule has 0 atom stereocenters. The summed E-state index contributed by atoms with van der Waals surface area (Å²) in [5, 5.41) is 18.0. The summed E-state index contributed by atoms with van der Waals surface area (Å²) in [7, 11) is 0. The quantitative estimate of drug-likeness (QED) is 0.555. The third-order valence-electron chi connectivity index (χ3n) is 4.85. The lowest BCUT2D eigenvalue weighted by atomic mass is 9.96. The molecule has 1 aliphatic rings. The Kier molecular flexibility index (Phi) is 6.60. The number of nitrogens with zero attached hydrogens (tertiary/aromatic N) is 3. The van der Waals surface area contributed by atoms with E-state index in [4.69, 9.17) is 0 Å². The van der Waals surface area contributed by atoms with E-state index in [-0.39, 0.29) is 17.8 Å². The lowest BCUT2D eigenvalue weighted by molar-refractivity contribution is -0.390. The number of aromatic nitrogens is 2. The molecule has 1 heterocycles. The van der Waals surface area contributed by atoms with Crippen LogP contribution < -0.4 is 5.32 Å². The highest BCUT2D eigenvalue weighted by molar-refractivity contribution is 9.10. The van der Waals surface area contributed by atoms with E-state index in [1.807, 2.05) is 18.2 Å². The molecule has 3 rings (SSSR count). The summed E-state index contributed by atoms with van der Waals surface area (Å²) in [6.45, 7) is 0.358. The van der Waals surface area contributed by atoms with Gasteiger partial charge in [-0.1, -0.05) is 44.2 Å². The van der Waals surface area contributed by atoms with Crippen LogP contribution in [0.25, 0.3) is 0 Å². The van der Waals surface area contributed by atoms with Crippen molar-refractivity contribution in [1.29, 1.82) is 0 Å². The monoisotopic (exact) mass is 434 g/mol. The highest BCUT2D eigenvalue weighted by Gasteiger charge is 2.19. The van der Waals surface area contributed by atoms with Crippen molar-refractivity contribution in [2.24, 2.45) is 0 Å². The topological polar surface area (TPSA) is 90.1 Å². The lowest BCUT2D eigenvalue weighted by Crippen LogP contribution is -2.35. The Morgan fingerprint density at radius 3 is 2.63 bits per heavy atom. The summed E-state index contributed by atoms with van der Waals surface area (Å²) in [5.74, 6) is -0.275. The van der Waals surface area contributed by atoms with Crippen molar-refractivity contribution in [1.82, 2.24) is 15.1 Å². The second-order valence-electron chi connectivity index (χ2n) is 6.97. The first-order valence-electron chi connectivity index (χ1n) is 9.30. The van der Waals surface area contributed by atoms with Crippen LogP contribution in [-0.4, -0.2) is 26.7 Å². The summed E-state index contributed by atoms with van der Waals surface area (Å²) in [4.78, 5) is 23.0. The van der Waals surface area contributed by atoms with E-state index >= 15 is 0 Å². The maximum absolute atomic E-state index is 12.6. The van der Waals surface area contributed by atoms with E-state index < -0.39 is 4.92 Å². The molecule has 0 saturated heterocycles. The molecule has 27 heavy (non-hydrogen) atoms. The normalized spacial score (nSPS) is 15.7. The molecule has 144 valence electrons. The van der Waals surface area contributed by atoms with Crippen LogP contribution in [0.4, 0.5) is 5.82 Å². The van der Waals surface area contributed by atoms with Crippen molar-refractivity contribution in [2.75, 3.05) is 0 Å². The Bertz CT molecular complexity index is 813.